The van der Waals surface area contributed by atoms with E-state index in [1.165, 1.54) is 4.57 Å². The highest BCUT2D eigenvalue weighted by Crippen LogP contribution is 2.29. The van der Waals surface area contributed by atoms with Gasteiger partial charge in [0.1, 0.15) is 11.3 Å². The number of methoxy groups -OCH3 is 1. The topological polar surface area (TPSA) is 74.3 Å². The maximum absolute atomic E-state index is 13.3. The van der Waals surface area contributed by atoms with Crippen LogP contribution in [0.15, 0.2) is 65.6 Å². The first-order valence-corrected chi connectivity index (χ1v) is 10.2. The summed E-state index contributed by atoms with van der Waals surface area (Å²) in [5.74, 6) is 0.526. The summed E-state index contributed by atoms with van der Waals surface area (Å²) in [5.41, 5.74) is 4.46. The second-order valence-electron chi connectivity index (χ2n) is 7.02. The Morgan fingerprint density at radius 2 is 1.87 bits per heavy atom. The van der Waals surface area contributed by atoms with E-state index in [-0.39, 0.29) is 11.1 Å². The Hall–Kier alpha value is -3.71. The summed E-state index contributed by atoms with van der Waals surface area (Å²) in [6.45, 7) is 2.04. The largest absolute Gasteiger partial charge is 0.495 e. The molecule has 31 heavy (non-hydrogen) atoms. The van der Waals surface area contributed by atoms with Gasteiger partial charge >= 0.3 is 0 Å². The van der Waals surface area contributed by atoms with E-state index in [1.54, 1.807) is 42.1 Å². The maximum atomic E-state index is 13.3. The molecule has 0 saturated carbocycles. The molecule has 0 aliphatic heterocycles. The molecule has 7 nitrogen and oxygen atoms in total. The molecule has 0 N–H and O–H groups in total. The Kier molecular flexibility index (Phi) is 4.67. The lowest BCUT2D eigenvalue weighted by atomic mass is 10.0. The molecule has 0 fully saturated rings. The van der Waals surface area contributed by atoms with Crippen molar-refractivity contribution in [1.82, 2.24) is 24.4 Å². The molecule has 0 aliphatic rings. The number of fused-ring (bicyclic) bond motifs is 3. The van der Waals surface area contributed by atoms with Crippen molar-refractivity contribution >= 4 is 28.3 Å². The summed E-state index contributed by atoms with van der Waals surface area (Å²) in [5, 5.41) is 13.9. The van der Waals surface area contributed by atoms with Gasteiger partial charge in [0.2, 0.25) is 0 Å². The number of ether oxygens (including phenoxy) is 1. The third-order valence-electron chi connectivity index (χ3n) is 5.25. The second kappa shape index (κ2) is 7.52. The van der Waals surface area contributed by atoms with E-state index in [0.29, 0.717) is 27.6 Å². The van der Waals surface area contributed by atoms with Crippen LogP contribution in [0.5, 0.6) is 5.75 Å². The maximum Gasteiger partial charge on any atom is 0.285 e. The van der Waals surface area contributed by atoms with Gasteiger partial charge in [0, 0.05) is 11.2 Å². The van der Waals surface area contributed by atoms with Crippen molar-refractivity contribution < 1.29 is 4.74 Å². The van der Waals surface area contributed by atoms with Crippen LogP contribution in [0.4, 0.5) is 0 Å². The van der Waals surface area contributed by atoms with Gasteiger partial charge in [0.15, 0.2) is 11.2 Å². The van der Waals surface area contributed by atoms with Crippen LogP contribution in [-0.4, -0.2) is 31.5 Å². The molecule has 0 amide bonds. The van der Waals surface area contributed by atoms with Crippen molar-refractivity contribution in [2.24, 2.45) is 0 Å². The average molecular weight is 432 g/mol. The predicted octanol–water partition coefficient (Wildman–Crippen LogP) is 4.32. The van der Waals surface area contributed by atoms with E-state index in [1.807, 2.05) is 37.3 Å². The molecule has 0 unspecified atom stereocenters. The van der Waals surface area contributed by atoms with Crippen LogP contribution in [-0.2, 0) is 6.42 Å². The number of hydrogen-bond acceptors (Lipinski definition) is 5. The molecule has 0 spiro atoms. The third kappa shape index (κ3) is 3.05. The van der Waals surface area contributed by atoms with Gasteiger partial charge in [-0.2, -0.15) is 5.10 Å². The van der Waals surface area contributed by atoms with Gasteiger partial charge in [0.25, 0.3) is 5.56 Å². The van der Waals surface area contributed by atoms with Crippen LogP contribution in [0, 0.1) is 0 Å². The molecule has 0 saturated heterocycles. The summed E-state index contributed by atoms with van der Waals surface area (Å²) in [7, 11) is 1.54. The lowest BCUT2D eigenvalue weighted by Gasteiger charge is -2.12. The molecule has 0 aliphatic carbocycles. The highest BCUT2D eigenvalue weighted by molar-refractivity contribution is 6.30. The van der Waals surface area contributed by atoms with Crippen LogP contribution < -0.4 is 10.3 Å². The van der Waals surface area contributed by atoms with Gasteiger partial charge in [-0.3, -0.25) is 9.36 Å². The number of benzene rings is 2. The van der Waals surface area contributed by atoms with Gasteiger partial charge in [-0.05, 0) is 36.2 Å². The van der Waals surface area contributed by atoms with Crippen molar-refractivity contribution in [2.75, 3.05) is 7.11 Å². The lowest BCUT2D eigenvalue weighted by molar-refractivity contribution is 0.412. The van der Waals surface area contributed by atoms with Crippen molar-refractivity contribution in [3.05, 3.63) is 81.9 Å². The first-order chi connectivity index (χ1) is 15.1. The van der Waals surface area contributed by atoms with E-state index in [2.05, 4.69) is 10.2 Å². The lowest BCUT2D eigenvalue weighted by Crippen LogP contribution is -2.20. The zero-order valence-electron chi connectivity index (χ0n) is 16.9. The summed E-state index contributed by atoms with van der Waals surface area (Å²) in [6.07, 6.45) is 2.40. The molecule has 8 heteroatoms. The average Bonchev–Trinajstić information content (AvgIpc) is 3.19. The number of nitrogens with zero attached hydrogens (tertiary/aromatic N) is 5. The smallest absolute Gasteiger partial charge is 0.285 e. The van der Waals surface area contributed by atoms with Crippen molar-refractivity contribution in [1.29, 1.82) is 0 Å². The van der Waals surface area contributed by atoms with Gasteiger partial charge in [0.05, 0.1) is 24.1 Å². The number of hydrogen-bond donors (Lipinski definition) is 0. The number of aryl methyl sites for hydroxylation is 1. The van der Waals surface area contributed by atoms with E-state index in [9.17, 15) is 4.79 Å². The van der Waals surface area contributed by atoms with Crippen molar-refractivity contribution in [3.8, 4) is 22.6 Å². The Bertz CT molecular complexity index is 1490. The molecule has 0 bridgehead atoms. The molecule has 5 rings (SSSR count). The number of aromatic nitrogens is 5. The Morgan fingerprint density at radius 3 is 2.61 bits per heavy atom. The predicted molar refractivity (Wildman–Crippen MR) is 120 cm³/mol. The minimum absolute atomic E-state index is 0.210. The molecule has 3 heterocycles. The fourth-order valence-electron chi connectivity index (χ4n) is 3.78. The summed E-state index contributed by atoms with van der Waals surface area (Å²) >= 11 is 6.15. The number of pyridine rings is 1. The second-order valence-corrected chi connectivity index (χ2v) is 7.45. The van der Waals surface area contributed by atoms with Crippen LogP contribution in [0.2, 0.25) is 5.02 Å². The van der Waals surface area contributed by atoms with Crippen LogP contribution in [0.3, 0.4) is 0 Å². The monoisotopic (exact) mass is 431 g/mol. The first-order valence-electron chi connectivity index (χ1n) is 9.81. The van der Waals surface area contributed by atoms with Gasteiger partial charge < -0.3 is 4.74 Å². The quantitative estimate of drug-likeness (QED) is 0.423. The summed E-state index contributed by atoms with van der Waals surface area (Å²) < 4.78 is 8.56. The summed E-state index contributed by atoms with van der Waals surface area (Å²) in [6, 6.07) is 16.9. The molecule has 154 valence electrons. The zero-order valence-corrected chi connectivity index (χ0v) is 17.7. The third-order valence-corrected chi connectivity index (χ3v) is 5.48. The first kappa shape index (κ1) is 19.3. The Labute approximate surface area is 182 Å². The molecular formula is C23H18ClN5O2. The van der Waals surface area contributed by atoms with E-state index in [4.69, 9.17) is 21.4 Å². The van der Waals surface area contributed by atoms with Crippen LogP contribution in [0.1, 0.15) is 12.6 Å². The number of rotatable bonds is 4. The fraction of sp³-hybridized carbons (Fsp3) is 0.130. The minimum Gasteiger partial charge on any atom is -0.495 e. The highest BCUT2D eigenvalue weighted by Gasteiger charge is 2.19. The van der Waals surface area contributed by atoms with Gasteiger partial charge in [-0.25, -0.2) is 4.52 Å². The molecule has 2 aromatic carbocycles. The molecule has 0 atom stereocenters. The van der Waals surface area contributed by atoms with E-state index in [0.717, 1.165) is 23.2 Å². The Balaban J connectivity index is 1.79. The van der Waals surface area contributed by atoms with Gasteiger partial charge in [-0.1, -0.05) is 48.9 Å². The van der Waals surface area contributed by atoms with Crippen LogP contribution >= 0.6 is 11.6 Å². The molecule has 3 aromatic heterocycles. The number of halogens is 1. The SMILES string of the molecule is CCc1nn2c(nnc3c(=O)n(-c4cc(Cl)ccc4OC)ccc32)c1-c1ccccc1. The fourth-order valence-corrected chi connectivity index (χ4v) is 3.95. The standard InChI is InChI=1S/C23H18ClN5O2/c1-3-16-20(14-7-5-4-6-8-14)22-26-25-21-17(29(22)27-16)11-12-28(23(21)30)18-13-15(24)9-10-19(18)31-2/h4-13H,3H2,1-2H3. The molecular weight excluding hydrogens is 414 g/mol. The van der Waals surface area contributed by atoms with E-state index < -0.39 is 0 Å². The van der Waals surface area contributed by atoms with Gasteiger partial charge in [-0.15, -0.1) is 10.2 Å². The normalized spacial score (nSPS) is 11.3. The van der Waals surface area contributed by atoms with E-state index >= 15 is 0 Å². The van der Waals surface area contributed by atoms with Crippen molar-refractivity contribution in [3.63, 3.8) is 0 Å². The molecule has 5 aromatic rings. The van der Waals surface area contributed by atoms with Crippen LogP contribution in [0.25, 0.3) is 33.5 Å². The minimum atomic E-state index is -0.331. The van der Waals surface area contributed by atoms with Crippen molar-refractivity contribution in [2.45, 2.75) is 13.3 Å². The Morgan fingerprint density at radius 1 is 1.06 bits per heavy atom. The molecule has 0 radical (unpaired) electrons. The zero-order chi connectivity index (χ0) is 21.5. The summed E-state index contributed by atoms with van der Waals surface area (Å²) in [4.78, 5) is 13.3. The highest BCUT2D eigenvalue weighted by atomic mass is 35.5.